The van der Waals surface area contributed by atoms with Crippen molar-refractivity contribution in [1.82, 2.24) is 15.0 Å². The van der Waals surface area contributed by atoms with Crippen LogP contribution in [0.2, 0.25) is 0 Å². The summed E-state index contributed by atoms with van der Waals surface area (Å²) in [6.45, 7) is 0. The molecule has 4 heterocycles. The molecule has 238 valence electrons. The van der Waals surface area contributed by atoms with Crippen LogP contribution in [0.15, 0.2) is 156 Å². The Hall–Kier alpha value is -6.21. The van der Waals surface area contributed by atoms with E-state index in [2.05, 4.69) is 121 Å². The highest BCUT2D eigenvalue weighted by Gasteiger charge is 2.18. The van der Waals surface area contributed by atoms with E-state index in [9.17, 15) is 0 Å². The Labute approximate surface area is 299 Å². The highest BCUT2D eigenvalue weighted by atomic mass is 32.1. The van der Waals surface area contributed by atoms with Gasteiger partial charge in [0.15, 0.2) is 17.5 Å². The van der Waals surface area contributed by atoms with Gasteiger partial charge in [-0.1, -0.05) is 103 Å². The zero-order valence-electron chi connectivity index (χ0n) is 27.0. The van der Waals surface area contributed by atoms with E-state index in [1.165, 1.54) is 45.9 Å². The van der Waals surface area contributed by atoms with Gasteiger partial charge in [-0.25, -0.2) is 15.0 Å². The first-order valence-corrected chi connectivity index (χ1v) is 18.5. The van der Waals surface area contributed by atoms with Crippen LogP contribution in [0.3, 0.4) is 0 Å². The summed E-state index contributed by atoms with van der Waals surface area (Å²) in [7, 11) is 0. The Morgan fingerprint density at radius 1 is 0.373 bits per heavy atom. The van der Waals surface area contributed by atoms with Gasteiger partial charge in [0, 0.05) is 78.9 Å². The molecule has 11 rings (SSSR count). The molecule has 0 spiro atoms. The smallest absolute Gasteiger partial charge is 0.164 e. The molecule has 7 aromatic carbocycles. The van der Waals surface area contributed by atoms with Gasteiger partial charge >= 0.3 is 0 Å². The van der Waals surface area contributed by atoms with E-state index in [0.29, 0.717) is 17.5 Å². The van der Waals surface area contributed by atoms with E-state index in [-0.39, 0.29) is 0 Å². The van der Waals surface area contributed by atoms with Crippen molar-refractivity contribution in [2.24, 2.45) is 0 Å². The zero-order valence-corrected chi connectivity index (χ0v) is 28.6. The second-order valence-electron chi connectivity index (χ2n) is 12.8. The quantitative estimate of drug-likeness (QED) is 0.185. The molecule has 51 heavy (non-hydrogen) atoms. The number of rotatable bonds is 4. The molecule has 0 saturated carbocycles. The number of benzene rings is 7. The van der Waals surface area contributed by atoms with Crippen LogP contribution >= 0.6 is 22.7 Å². The van der Waals surface area contributed by atoms with Gasteiger partial charge < -0.3 is 4.42 Å². The molecule has 0 saturated heterocycles. The van der Waals surface area contributed by atoms with Crippen molar-refractivity contribution in [2.45, 2.75) is 0 Å². The first kappa shape index (κ1) is 28.6. The molecule has 0 amide bonds. The predicted octanol–water partition coefficient (Wildman–Crippen LogP) is 13.2. The van der Waals surface area contributed by atoms with Gasteiger partial charge in [0.05, 0.1) is 0 Å². The van der Waals surface area contributed by atoms with Crippen molar-refractivity contribution in [2.75, 3.05) is 0 Å². The summed E-state index contributed by atoms with van der Waals surface area (Å²) in [6.07, 6.45) is 0. The molecule has 6 heteroatoms. The summed E-state index contributed by atoms with van der Waals surface area (Å²) < 4.78 is 11.4. The normalized spacial score (nSPS) is 11.9. The van der Waals surface area contributed by atoms with Gasteiger partial charge in [-0.3, -0.25) is 0 Å². The highest BCUT2D eigenvalue weighted by Crippen LogP contribution is 2.44. The highest BCUT2D eigenvalue weighted by molar-refractivity contribution is 7.26. The van der Waals surface area contributed by atoms with Gasteiger partial charge in [-0.15, -0.1) is 22.7 Å². The molecule has 0 radical (unpaired) electrons. The van der Waals surface area contributed by atoms with Crippen LogP contribution in [0.4, 0.5) is 0 Å². The molecule has 11 aromatic rings. The zero-order chi connectivity index (χ0) is 33.5. The topological polar surface area (TPSA) is 51.8 Å². The van der Waals surface area contributed by atoms with E-state index in [1.807, 2.05) is 53.0 Å². The maximum absolute atomic E-state index is 6.46. The number of aromatic nitrogens is 3. The standard InChI is InChI=1S/C45H25N3OS2/c1-2-10-26(11-3-1)43-46-44(27-20-22-39-35(24-27)30-13-5-7-19-38(30)50-39)48-45(47-43)28-21-23-40-36(25-28)34-17-9-16-33(42(34)51-40)32-15-8-14-31-29-12-4-6-18-37(29)49-41(31)32/h1-25H. The van der Waals surface area contributed by atoms with Crippen molar-refractivity contribution in [3.05, 3.63) is 152 Å². The minimum Gasteiger partial charge on any atom is -0.455 e. The summed E-state index contributed by atoms with van der Waals surface area (Å²) in [6, 6.07) is 53.1. The number of hydrogen-bond donors (Lipinski definition) is 0. The van der Waals surface area contributed by atoms with Crippen LogP contribution in [-0.4, -0.2) is 15.0 Å². The molecule has 0 atom stereocenters. The van der Waals surface area contributed by atoms with Crippen molar-refractivity contribution in [1.29, 1.82) is 0 Å². The molecule has 4 nitrogen and oxygen atoms in total. The van der Waals surface area contributed by atoms with E-state index >= 15 is 0 Å². The molecular formula is C45H25N3OS2. The average molecular weight is 688 g/mol. The lowest BCUT2D eigenvalue weighted by Gasteiger charge is -2.09. The number of nitrogens with zero attached hydrogens (tertiary/aromatic N) is 3. The fourth-order valence-corrected chi connectivity index (χ4v) is 9.62. The summed E-state index contributed by atoms with van der Waals surface area (Å²) in [5.41, 5.74) is 6.98. The number of hydrogen-bond acceptors (Lipinski definition) is 6. The van der Waals surface area contributed by atoms with Crippen LogP contribution in [0.25, 0.3) is 108 Å². The van der Waals surface area contributed by atoms with Gasteiger partial charge in [-0.2, -0.15) is 0 Å². The van der Waals surface area contributed by atoms with Crippen LogP contribution in [-0.2, 0) is 0 Å². The van der Waals surface area contributed by atoms with Gasteiger partial charge in [-0.05, 0) is 48.5 Å². The minimum atomic E-state index is 0.651. The summed E-state index contributed by atoms with van der Waals surface area (Å²) in [5.74, 6) is 1.97. The fraction of sp³-hybridized carbons (Fsp3) is 0. The second kappa shape index (κ2) is 11.2. The molecule has 0 N–H and O–H groups in total. The van der Waals surface area contributed by atoms with Crippen molar-refractivity contribution >= 4 is 85.0 Å². The third-order valence-corrected chi connectivity index (χ3v) is 12.1. The lowest BCUT2D eigenvalue weighted by Crippen LogP contribution is -2.00. The fourth-order valence-electron chi connectivity index (χ4n) is 7.32. The van der Waals surface area contributed by atoms with E-state index in [0.717, 1.165) is 44.2 Å². The van der Waals surface area contributed by atoms with Crippen LogP contribution in [0.5, 0.6) is 0 Å². The summed E-state index contributed by atoms with van der Waals surface area (Å²) >= 11 is 3.62. The Bertz CT molecular complexity index is 3160. The van der Waals surface area contributed by atoms with Gasteiger partial charge in [0.25, 0.3) is 0 Å². The Balaban J connectivity index is 1.09. The molecule has 0 aliphatic heterocycles. The van der Waals surface area contributed by atoms with Gasteiger partial charge in [0.1, 0.15) is 11.2 Å². The molecule has 0 aliphatic rings. The summed E-state index contributed by atoms with van der Waals surface area (Å²) in [4.78, 5) is 15.2. The molecule has 0 fully saturated rings. The largest absolute Gasteiger partial charge is 0.455 e. The maximum Gasteiger partial charge on any atom is 0.164 e. The third-order valence-electron chi connectivity index (χ3n) is 9.75. The number of fused-ring (bicyclic) bond motifs is 9. The Kier molecular flexibility index (Phi) is 6.26. The number of thiophene rings is 2. The molecule has 4 aromatic heterocycles. The van der Waals surface area contributed by atoms with Crippen LogP contribution in [0.1, 0.15) is 0 Å². The maximum atomic E-state index is 6.46. The van der Waals surface area contributed by atoms with Crippen molar-refractivity contribution in [3.8, 4) is 45.3 Å². The minimum absolute atomic E-state index is 0.651. The number of furan rings is 1. The van der Waals surface area contributed by atoms with Crippen molar-refractivity contribution in [3.63, 3.8) is 0 Å². The molecule has 0 aliphatic carbocycles. The first-order valence-electron chi connectivity index (χ1n) is 16.8. The SMILES string of the molecule is c1ccc(-c2nc(-c3ccc4sc5ccccc5c4c3)nc(-c3ccc4sc5c(-c6cccc7c6oc6ccccc67)cccc5c4c3)n2)cc1. The molecule has 0 unspecified atom stereocenters. The number of para-hydroxylation sites is 2. The Morgan fingerprint density at radius 3 is 1.73 bits per heavy atom. The predicted molar refractivity (Wildman–Crippen MR) is 215 cm³/mol. The lowest BCUT2D eigenvalue weighted by atomic mass is 10.00. The van der Waals surface area contributed by atoms with Crippen LogP contribution < -0.4 is 0 Å². The monoisotopic (exact) mass is 687 g/mol. The molecule has 0 bridgehead atoms. The third kappa shape index (κ3) is 4.54. The van der Waals surface area contributed by atoms with E-state index in [1.54, 1.807) is 0 Å². The van der Waals surface area contributed by atoms with Crippen molar-refractivity contribution < 1.29 is 4.42 Å². The van der Waals surface area contributed by atoms with Gasteiger partial charge in [0.2, 0.25) is 0 Å². The summed E-state index contributed by atoms with van der Waals surface area (Å²) in [5, 5.41) is 7.13. The average Bonchev–Trinajstić information content (AvgIpc) is 3.89. The van der Waals surface area contributed by atoms with Crippen LogP contribution in [0, 0.1) is 0 Å². The van der Waals surface area contributed by atoms with E-state index in [4.69, 9.17) is 19.4 Å². The Morgan fingerprint density at radius 2 is 0.941 bits per heavy atom. The second-order valence-corrected chi connectivity index (χ2v) is 14.9. The lowest BCUT2D eigenvalue weighted by molar-refractivity contribution is 0.670. The first-order chi connectivity index (χ1) is 25.2. The van der Waals surface area contributed by atoms with E-state index < -0.39 is 0 Å². The molecular weight excluding hydrogens is 663 g/mol.